The maximum absolute atomic E-state index is 12.2. The van der Waals surface area contributed by atoms with Gasteiger partial charge in [-0.1, -0.05) is 12.1 Å². The highest BCUT2D eigenvalue weighted by atomic mass is 16.5. The Kier molecular flexibility index (Phi) is 6.96. The second kappa shape index (κ2) is 10.1. The van der Waals surface area contributed by atoms with Crippen LogP contribution in [0.2, 0.25) is 0 Å². The van der Waals surface area contributed by atoms with E-state index in [-0.39, 0.29) is 12.2 Å². The van der Waals surface area contributed by atoms with Crippen LogP contribution >= 0.6 is 0 Å². The van der Waals surface area contributed by atoms with Crippen molar-refractivity contribution in [2.75, 3.05) is 38.7 Å². The zero-order valence-electron chi connectivity index (χ0n) is 19.1. The van der Waals surface area contributed by atoms with Crippen molar-refractivity contribution in [3.05, 3.63) is 53.2 Å². The van der Waals surface area contributed by atoms with E-state index in [0.717, 1.165) is 36.4 Å². The second-order valence-electron chi connectivity index (χ2n) is 8.20. The Balaban J connectivity index is 1.74. The number of primary amides is 1. The highest BCUT2D eigenvalue weighted by Gasteiger charge is 2.18. The summed E-state index contributed by atoms with van der Waals surface area (Å²) in [5.74, 6) is 0.569. The molecule has 0 aliphatic carbocycles. The van der Waals surface area contributed by atoms with Gasteiger partial charge in [0.25, 0.3) is 5.91 Å². The molecule has 8 nitrogen and oxygen atoms in total. The maximum atomic E-state index is 12.2. The van der Waals surface area contributed by atoms with Crippen molar-refractivity contribution in [2.45, 2.75) is 26.4 Å². The normalized spacial score (nSPS) is 13.9. The summed E-state index contributed by atoms with van der Waals surface area (Å²) in [6.07, 6.45) is 3.92. The van der Waals surface area contributed by atoms with Crippen molar-refractivity contribution in [3.63, 3.8) is 0 Å². The van der Waals surface area contributed by atoms with Gasteiger partial charge in [-0.15, -0.1) is 0 Å². The number of aliphatic hydroxyl groups excluding tert-OH is 1. The number of nitrogens with two attached hydrogens (primary N) is 1. The number of carbonyl (C=O) groups excluding carboxylic acids is 1. The smallest absolute Gasteiger partial charge is 0.252 e. The number of benzene rings is 2. The quantitative estimate of drug-likeness (QED) is 0.458. The van der Waals surface area contributed by atoms with Gasteiger partial charge in [0.2, 0.25) is 0 Å². The summed E-state index contributed by atoms with van der Waals surface area (Å²) in [6.45, 7) is 5.42. The molecule has 4 rings (SSSR count). The number of ether oxygens (including phenoxy) is 2. The molecule has 3 aromatic rings. The summed E-state index contributed by atoms with van der Waals surface area (Å²) in [5, 5.41) is 13.7. The number of rotatable bonds is 9. The standard InChI is InChI=1S/C25H30N4O4/c1-16-17(15-30)6-5-7-20(16)28-24-18-12-23(33-11-10-29-8-3-4-9-29)22(32-2)13-21(18)27-14-19(24)25(26)31/h5-7,12-14,30H,3-4,8-11,15H2,1-2H3,(H2,26,31)(H,27,28). The molecular weight excluding hydrogens is 420 g/mol. The first-order valence-corrected chi connectivity index (χ1v) is 11.1. The Hall–Kier alpha value is -3.36. The van der Waals surface area contributed by atoms with E-state index in [1.54, 1.807) is 13.2 Å². The van der Waals surface area contributed by atoms with E-state index < -0.39 is 5.91 Å². The molecule has 8 heteroatoms. The lowest BCUT2D eigenvalue weighted by molar-refractivity contribution is 0.100. The molecule has 0 radical (unpaired) electrons. The van der Waals surface area contributed by atoms with Gasteiger partial charge in [-0.05, 0) is 56.1 Å². The van der Waals surface area contributed by atoms with Gasteiger partial charge in [-0.2, -0.15) is 0 Å². The summed E-state index contributed by atoms with van der Waals surface area (Å²) in [6, 6.07) is 9.24. The topological polar surface area (TPSA) is 110 Å². The Bertz CT molecular complexity index is 1160. The number of aromatic nitrogens is 1. The van der Waals surface area contributed by atoms with Gasteiger partial charge in [0.05, 0.1) is 30.5 Å². The number of nitrogens with zero attached hydrogens (tertiary/aromatic N) is 2. The SMILES string of the molecule is COc1cc2ncc(C(N)=O)c(Nc3cccc(CO)c3C)c2cc1OCCN1CCCC1. The minimum absolute atomic E-state index is 0.0761. The largest absolute Gasteiger partial charge is 0.493 e. The van der Waals surface area contributed by atoms with Gasteiger partial charge < -0.3 is 25.6 Å². The number of carbonyl (C=O) groups is 1. The van der Waals surface area contributed by atoms with Crippen LogP contribution < -0.4 is 20.5 Å². The van der Waals surface area contributed by atoms with Gasteiger partial charge in [-0.3, -0.25) is 14.7 Å². The fourth-order valence-corrected chi connectivity index (χ4v) is 4.21. The van der Waals surface area contributed by atoms with E-state index in [4.69, 9.17) is 15.2 Å². The molecule has 174 valence electrons. The molecule has 1 amide bonds. The van der Waals surface area contributed by atoms with Gasteiger partial charge in [0, 0.05) is 29.9 Å². The van der Waals surface area contributed by atoms with Crippen molar-refractivity contribution in [2.24, 2.45) is 5.73 Å². The minimum Gasteiger partial charge on any atom is -0.493 e. The first kappa shape index (κ1) is 22.8. The van der Waals surface area contributed by atoms with E-state index in [9.17, 15) is 9.90 Å². The number of pyridine rings is 1. The number of aliphatic hydroxyl groups is 1. The van der Waals surface area contributed by atoms with Crippen LogP contribution in [0.25, 0.3) is 10.9 Å². The van der Waals surface area contributed by atoms with Crippen molar-refractivity contribution >= 4 is 28.2 Å². The zero-order chi connectivity index (χ0) is 23.4. The Morgan fingerprint density at radius 2 is 2.03 bits per heavy atom. The molecule has 0 bridgehead atoms. The molecule has 0 spiro atoms. The van der Waals surface area contributed by atoms with Crippen LogP contribution in [0.5, 0.6) is 11.5 Å². The summed E-state index contributed by atoms with van der Waals surface area (Å²) in [7, 11) is 1.59. The van der Waals surface area contributed by atoms with Gasteiger partial charge >= 0.3 is 0 Å². The number of anilines is 2. The molecule has 0 unspecified atom stereocenters. The van der Waals surface area contributed by atoms with Gasteiger partial charge in [0.1, 0.15) is 6.61 Å². The summed E-state index contributed by atoms with van der Waals surface area (Å²) in [5.41, 5.74) is 9.58. The number of likely N-dealkylation sites (tertiary alicyclic amines) is 1. The molecule has 1 fully saturated rings. The number of hydrogen-bond acceptors (Lipinski definition) is 7. The third kappa shape index (κ3) is 4.86. The van der Waals surface area contributed by atoms with Crippen LogP contribution in [-0.4, -0.2) is 54.2 Å². The third-order valence-electron chi connectivity index (χ3n) is 6.16. The third-order valence-corrected chi connectivity index (χ3v) is 6.16. The molecule has 1 aliphatic rings. The van der Waals surface area contributed by atoms with E-state index in [1.165, 1.54) is 19.0 Å². The zero-order valence-corrected chi connectivity index (χ0v) is 19.1. The van der Waals surface area contributed by atoms with Crippen molar-refractivity contribution in [1.82, 2.24) is 9.88 Å². The van der Waals surface area contributed by atoms with Crippen molar-refractivity contribution in [3.8, 4) is 11.5 Å². The fourth-order valence-electron chi connectivity index (χ4n) is 4.21. The van der Waals surface area contributed by atoms with Gasteiger partial charge in [-0.25, -0.2) is 0 Å². The molecule has 1 aromatic heterocycles. The number of amides is 1. The van der Waals surface area contributed by atoms with Crippen LogP contribution in [0.4, 0.5) is 11.4 Å². The molecule has 33 heavy (non-hydrogen) atoms. The van der Waals surface area contributed by atoms with Gasteiger partial charge in [0.15, 0.2) is 11.5 Å². The summed E-state index contributed by atoms with van der Waals surface area (Å²) < 4.78 is 11.6. The van der Waals surface area contributed by atoms with Crippen LogP contribution in [0, 0.1) is 6.92 Å². The minimum atomic E-state index is -0.588. The van der Waals surface area contributed by atoms with Crippen LogP contribution in [0.1, 0.15) is 34.3 Å². The summed E-state index contributed by atoms with van der Waals surface area (Å²) in [4.78, 5) is 19.0. The molecule has 0 saturated carbocycles. The molecule has 2 aromatic carbocycles. The van der Waals surface area contributed by atoms with E-state index in [0.29, 0.717) is 34.7 Å². The highest BCUT2D eigenvalue weighted by Crippen LogP contribution is 2.38. The molecule has 1 aliphatic heterocycles. The van der Waals surface area contributed by atoms with E-state index in [1.807, 2.05) is 31.2 Å². The second-order valence-corrected chi connectivity index (χ2v) is 8.20. The Morgan fingerprint density at radius 1 is 1.24 bits per heavy atom. The average Bonchev–Trinajstić information content (AvgIpc) is 3.33. The predicted molar refractivity (Wildman–Crippen MR) is 128 cm³/mol. The van der Waals surface area contributed by atoms with Crippen LogP contribution in [0.15, 0.2) is 36.5 Å². The lowest BCUT2D eigenvalue weighted by Crippen LogP contribution is -2.25. The summed E-state index contributed by atoms with van der Waals surface area (Å²) >= 11 is 0. The maximum Gasteiger partial charge on any atom is 0.252 e. The molecule has 1 saturated heterocycles. The predicted octanol–water partition coefficient (Wildman–Crippen LogP) is 3.36. The van der Waals surface area contributed by atoms with Crippen LogP contribution in [-0.2, 0) is 6.61 Å². The highest BCUT2D eigenvalue weighted by molar-refractivity contribution is 6.08. The number of fused-ring (bicyclic) bond motifs is 1. The lowest BCUT2D eigenvalue weighted by Gasteiger charge is -2.19. The number of methoxy groups -OCH3 is 1. The molecule has 4 N–H and O–H groups in total. The number of hydrogen-bond donors (Lipinski definition) is 3. The molecular formula is C25H30N4O4. The Labute approximate surface area is 193 Å². The van der Waals surface area contributed by atoms with Crippen molar-refractivity contribution in [1.29, 1.82) is 0 Å². The molecule has 2 heterocycles. The monoisotopic (exact) mass is 450 g/mol. The van der Waals surface area contributed by atoms with E-state index >= 15 is 0 Å². The first-order valence-electron chi connectivity index (χ1n) is 11.1. The first-order chi connectivity index (χ1) is 16.0. The molecule has 0 atom stereocenters. The average molecular weight is 451 g/mol. The number of nitrogens with one attached hydrogen (secondary N) is 1. The van der Waals surface area contributed by atoms with Crippen molar-refractivity contribution < 1.29 is 19.4 Å². The lowest BCUT2D eigenvalue weighted by atomic mass is 10.0. The van der Waals surface area contributed by atoms with E-state index in [2.05, 4.69) is 15.2 Å². The Morgan fingerprint density at radius 3 is 2.73 bits per heavy atom. The van der Waals surface area contributed by atoms with Crippen LogP contribution in [0.3, 0.4) is 0 Å². The fraction of sp³-hybridized carbons (Fsp3) is 0.360.